The van der Waals surface area contributed by atoms with Crippen LogP contribution in [0.25, 0.3) is 27.9 Å². The fourth-order valence-electron chi connectivity index (χ4n) is 4.14. The van der Waals surface area contributed by atoms with Gasteiger partial charge in [-0.2, -0.15) is 4.39 Å². The largest absolute Gasteiger partial charge is 0.353 e. The average molecular weight is 452 g/mol. The minimum atomic E-state index is -0.556. The molecule has 1 saturated heterocycles. The minimum absolute atomic E-state index is 0.376. The fourth-order valence-corrected chi connectivity index (χ4v) is 4.14. The molecule has 1 aliphatic carbocycles. The van der Waals surface area contributed by atoms with Gasteiger partial charge in [-0.15, -0.1) is 0 Å². The summed E-state index contributed by atoms with van der Waals surface area (Å²) in [6, 6.07) is 8.28. The molecular formula is C25H21FN8. The monoisotopic (exact) mass is 452 g/mol. The van der Waals surface area contributed by atoms with Gasteiger partial charge in [0, 0.05) is 49.7 Å². The number of allylic oxidation sites excluding steroid dienone is 4. The van der Waals surface area contributed by atoms with Crippen LogP contribution in [0.3, 0.4) is 0 Å². The summed E-state index contributed by atoms with van der Waals surface area (Å²) in [6.07, 6.45) is 11.5. The van der Waals surface area contributed by atoms with Crippen molar-refractivity contribution in [2.24, 2.45) is 0 Å². The van der Waals surface area contributed by atoms with E-state index in [0.29, 0.717) is 17.5 Å². The van der Waals surface area contributed by atoms with Crippen LogP contribution in [0.1, 0.15) is 5.56 Å². The van der Waals surface area contributed by atoms with Gasteiger partial charge < -0.3 is 15.5 Å². The maximum atomic E-state index is 13.5. The molecule has 0 atom stereocenters. The maximum Gasteiger partial charge on any atom is 0.214 e. The lowest BCUT2D eigenvalue weighted by Gasteiger charge is -2.30. The lowest BCUT2D eigenvalue weighted by Crippen LogP contribution is -2.44. The maximum absolute atomic E-state index is 13.5. The number of aromatic nitrogens is 5. The van der Waals surface area contributed by atoms with Crippen LogP contribution in [-0.4, -0.2) is 51.1 Å². The highest BCUT2D eigenvalue weighted by atomic mass is 19.1. The van der Waals surface area contributed by atoms with Crippen LogP contribution in [0.2, 0.25) is 0 Å². The van der Waals surface area contributed by atoms with Crippen molar-refractivity contribution in [3.63, 3.8) is 0 Å². The number of rotatable bonds is 5. The smallest absolute Gasteiger partial charge is 0.214 e. The topological polar surface area (TPSA) is 91.8 Å². The van der Waals surface area contributed by atoms with Gasteiger partial charge in [0.2, 0.25) is 5.95 Å². The molecule has 0 amide bonds. The number of anilines is 3. The number of nitrogens with one attached hydrogen (secondary N) is 2. The average Bonchev–Trinajstić information content (AvgIpc) is 2.83. The molecular weight excluding hydrogens is 431 g/mol. The van der Waals surface area contributed by atoms with Crippen LogP contribution in [0.15, 0.2) is 67.2 Å². The Bertz CT molecular complexity index is 1440. The summed E-state index contributed by atoms with van der Waals surface area (Å²) in [4.78, 5) is 24.8. The van der Waals surface area contributed by atoms with Gasteiger partial charge in [0.15, 0.2) is 5.82 Å². The normalized spacial score (nSPS) is 15.2. The van der Waals surface area contributed by atoms with Crippen molar-refractivity contribution in [3.8, 4) is 11.4 Å². The number of hydrogen-bond donors (Lipinski definition) is 2. The van der Waals surface area contributed by atoms with Gasteiger partial charge in [0.1, 0.15) is 17.5 Å². The van der Waals surface area contributed by atoms with E-state index < -0.39 is 5.95 Å². The van der Waals surface area contributed by atoms with Crippen molar-refractivity contribution in [2.45, 2.75) is 0 Å². The standard InChI is InChI=1S/C25H21FN8/c26-20-5-2-6-21(31-20)32-22-13-17(7-8-29-22)24-30-19-15-28-14-18(16-3-1-4-16)23(19)25(33-24)34-11-9-27-10-12-34/h1-8,13-15,27H,9-12H2,(H,29,31,32). The second kappa shape index (κ2) is 8.60. The van der Waals surface area contributed by atoms with E-state index >= 15 is 0 Å². The number of nitrogens with zero attached hydrogens (tertiary/aromatic N) is 6. The molecule has 5 heterocycles. The van der Waals surface area contributed by atoms with E-state index in [1.807, 2.05) is 24.4 Å². The first-order chi connectivity index (χ1) is 16.7. The van der Waals surface area contributed by atoms with Gasteiger partial charge in [-0.05, 0) is 29.8 Å². The van der Waals surface area contributed by atoms with E-state index in [9.17, 15) is 4.39 Å². The lowest BCUT2D eigenvalue weighted by atomic mass is 9.97. The molecule has 0 aromatic carbocycles. The minimum Gasteiger partial charge on any atom is -0.353 e. The summed E-state index contributed by atoms with van der Waals surface area (Å²) in [6.45, 7) is 3.51. The molecule has 9 heteroatoms. The highest BCUT2D eigenvalue weighted by molar-refractivity contribution is 6.02. The molecule has 0 spiro atoms. The number of halogens is 1. The molecule has 168 valence electrons. The molecule has 0 unspecified atom stereocenters. The van der Waals surface area contributed by atoms with Gasteiger partial charge >= 0.3 is 0 Å². The van der Waals surface area contributed by atoms with Crippen molar-refractivity contribution < 1.29 is 4.39 Å². The van der Waals surface area contributed by atoms with Crippen LogP contribution in [0.4, 0.5) is 21.8 Å². The van der Waals surface area contributed by atoms with Gasteiger partial charge in [0.05, 0.1) is 17.1 Å². The third-order valence-electron chi connectivity index (χ3n) is 5.86. The zero-order chi connectivity index (χ0) is 22.9. The van der Waals surface area contributed by atoms with E-state index in [1.165, 1.54) is 6.07 Å². The summed E-state index contributed by atoms with van der Waals surface area (Å²) in [7, 11) is 0. The first kappa shape index (κ1) is 20.4. The van der Waals surface area contributed by atoms with Crippen LogP contribution < -0.4 is 15.5 Å². The third kappa shape index (κ3) is 3.86. The predicted octanol–water partition coefficient (Wildman–Crippen LogP) is 3.73. The summed E-state index contributed by atoms with van der Waals surface area (Å²) in [5.41, 5.74) is 3.74. The van der Waals surface area contributed by atoms with Gasteiger partial charge in [-0.25, -0.2) is 19.9 Å². The quantitative estimate of drug-likeness (QED) is 0.443. The Morgan fingerprint density at radius 3 is 2.68 bits per heavy atom. The number of hydrogen-bond acceptors (Lipinski definition) is 8. The van der Waals surface area contributed by atoms with Crippen molar-refractivity contribution in [1.82, 2.24) is 30.2 Å². The summed E-state index contributed by atoms with van der Waals surface area (Å²) >= 11 is 0. The molecule has 2 aliphatic rings. The summed E-state index contributed by atoms with van der Waals surface area (Å²) in [5, 5.41) is 7.46. The highest BCUT2D eigenvalue weighted by Gasteiger charge is 2.21. The molecule has 0 bridgehead atoms. The zero-order valence-corrected chi connectivity index (χ0v) is 18.2. The van der Waals surface area contributed by atoms with Gasteiger partial charge in [0.25, 0.3) is 0 Å². The van der Waals surface area contributed by atoms with Crippen LogP contribution >= 0.6 is 0 Å². The van der Waals surface area contributed by atoms with Crippen molar-refractivity contribution in [1.29, 1.82) is 0 Å². The highest BCUT2D eigenvalue weighted by Crippen LogP contribution is 2.35. The molecule has 34 heavy (non-hydrogen) atoms. The SMILES string of the molecule is Fc1cccc(Nc2cc(-c3nc(N4CCNCC4)c4c(C5=CC=C5)cncc4n3)ccn2)n1. The molecule has 6 rings (SSSR count). The molecule has 1 aliphatic heterocycles. The van der Waals surface area contributed by atoms with E-state index in [1.54, 1.807) is 24.5 Å². The number of pyridine rings is 3. The fraction of sp³-hybridized carbons (Fsp3) is 0.160. The van der Waals surface area contributed by atoms with Crippen molar-refractivity contribution in [2.75, 3.05) is 36.4 Å². The van der Waals surface area contributed by atoms with E-state index in [0.717, 1.165) is 59.6 Å². The second-order valence-corrected chi connectivity index (χ2v) is 8.07. The molecule has 0 saturated carbocycles. The van der Waals surface area contributed by atoms with E-state index in [-0.39, 0.29) is 0 Å². The Kier molecular flexibility index (Phi) is 5.15. The molecule has 1 fully saturated rings. The van der Waals surface area contributed by atoms with Gasteiger partial charge in [-0.1, -0.05) is 24.3 Å². The van der Waals surface area contributed by atoms with E-state index in [4.69, 9.17) is 9.97 Å². The Labute approximate surface area is 195 Å². The number of piperazine rings is 1. The Morgan fingerprint density at radius 2 is 1.88 bits per heavy atom. The first-order valence-electron chi connectivity index (χ1n) is 11.1. The van der Waals surface area contributed by atoms with Crippen molar-refractivity contribution >= 4 is 33.9 Å². The molecule has 4 aromatic rings. The predicted molar refractivity (Wildman–Crippen MR) is 130 cm³/mol. The van der Waals surface area contributed by atoms with Gasteiger partial charge in [-0.3, -0.25) is 4.98 Å². The van der Waals surface area contributed by atoms with Crippen LogP contribution in [-0.2, 0) is 0 Å². The van der Waals surface area contributed by atoms with Crippen LogP contribution in [0.5, 0.6) is 0 Å². The Balaban J connectivity index is 1.45. The Morgan fingerprint density at radius 1 is 1.00 bits per heavy atom. The number of fused-ring (bicyclic) bond motifs is 1. The molecule has 2 N–H and O–H groups in total. The second-order valence-electron chi connectivity index (χ2n) is 8.07. The molecule has 0 radical (unpaired) electrons. The van der Waals surface area contributed by atoms with Crippen molar-refractivity contribution in [3.05, 3.63) is 78.7 Å². The summed E-state index contributed by atoms with van der Waals surface area (Å²) < 4.78 is 13.5. The lowest BCUT2D eigenvalue weighted by molar-refractivity contribution is 0.585. The summed E-state index contributed by atoms with van der Waals surface area (Å²) in [5.74, 6) is 1.83. The zero-order valence-electron chi connectivity index (χ0n) is 18.2. The molecule has 4 aromatic heterocycles. The molecule has 8 nitrogen and oxygen atoms in total. The first-order valence-corrected chi connectivity index (χ1v) is 11.1. The van der Waals surface area contributed by atoms with E-state index in [2.05, 4.69) is 42.6 Å². The third-order valence-corrected chi connectivity index (χ3v) is 5.86. The Hall–Kier alpha value is -4.24. The van der Waals surface area contributed by atoms with Crippen LogP contribution in [0, 0.1) is 5.95 Å².